The number of imide groups is 1. The van der Waals surface area contributed by atoms with Gasteiger partial charge in [-0.3, -0.25) is 9.59 Å². The van der Waals surface area contributed by atoms with Gasteiger partial charge in [0.2, 0.25) is 0 Å². The fourth-order valence-electron chi connectivity index (χ4n) is 0.712. The zero-order valence-electron chi connectivity index (χ0n) is 5.91. The summed E-state index contributed by atoms with van der Waals surface area (Å²) in [7, 11) is 0. The number of hydrogen-bond donors (Lipinski definition) is 1. The molecule has 0 radical (unpaired) electrons. The molecule has 0 aromatic carbocycles. The lowest BCUT2D eigenvalue weighted by Gasteiger charge is -2.12. The SMILES string of the molecule is C=CCNN1C(=O)C=CC1=O. The van der Waals surface area contributed by atoms with Gasteiger partial charge in [-0.2, -0.15) is 0 Å². The van der Waals surface area contributed by atoms with E-state index in [4.69, 9.17) is 0 Å². The van der Waals surface area contributed by atoms with E-state index in [1.54, 1.807) is 6.08 Å². The topological polar surface area (TPSA) is 49.4 Å². The van der Waals surface area contributed by atoms with Crippen LogP contribution >= 0.6 is 0 Å². The minimum absolute atomic E-state index is 0.336. The Kier molecular flexibility index (Phi) is 2.18. The number of nitrogens with zero attached hydrogens (tertiary/aromatic N) is 1. The van der Waals surface area contributed by atoms with Gasteiger partial charge in [0, 0.05) is 18.7 Å². The van der Waals surface area contributed by atoms with Crippen molar-refractivity contribution in [2.24, 2.45) is 0 Å². The smallest absolute Gasteiger partial charge is 0.268 e. The van der Waals surface area contributed by atoms with Crippen molar-refractivity contribution in [1.82, 2.24) is 10.4 Å². The number of nitrogens with one attached hydrogen (secondary N) is 1. The molecule has 11 heavy (non-hydrogen) atoms. The molecule has 0 spiro atoms. The molecule has 0 bridgehead atoms. The second-order valence-corrected chi connectivity index (χ2v) is 2.00. The molecular formula is C7H8N2O2. The minimum Gasteiger partial charge on any atom is -0.268 e. The Hall–Kier alpha value is -1.42. The van der Waals surface area contributed by atoms with Crippen LogP contribution in [-0.2, 0) is 9.59 Å². The largest absolute Gasteiger partial charge is 0.268 e. The van der Waals surface area contributed by atoms with Gasteiger partial charge in [0.05, 0.1) is 0 Å². The third-order valence-electron chi connectivity index (χ3n) is 1.20. The Morgan fingerprint density at radius 1 is 1.45 bits per heavy atom. The summed E-state index contributed by atoms with van der Waals surface area (Å²) in [5.74, 6) is -0.672. The lowest BCUT2D eigenvalue weighted by atomic mass is 10.6. The van der Waals surface area contributed by atoms with Crippen LogP contribution in [0.15, 0.2) is 24.8 Å². The minimum atomic E-state index is -0.336. The molecule has 4 heteroatoms. The Morgan fingerprint density at radius 2 is 2.00 bits per heavy atom. The normalized spacial score (nSPS) is 16.2. The van der Waals surface area contributed by atoms with Crippen molar-refractivity contribution in [1.29, 1.82) is 0 Å². The fraction of sp³-hybridized carbons (Fsp3) is 0.143. The standard InChI is InChI=1S/C7H8N2O2/c1-2-5-8-9-6(10)3-4-7(9)11/h2-4,8H,1,5H2. The van der Waals surface area contributed by atoms with E-state index in [-0.39, 0.29) is 11.8 Å². The van der Waals surface area contributed by atoms with E-state index in [0.29, 0.717) is 6.54 Å². The molecule has 1 heterocycles. The molecule has 0 saturated heterocycles. The first-order chi connectivity index (χ1) is 5.25. The molecule has 0 unspecified atom stereocenters. The first kappa shape index (κ1) is 7.68. The first-order valence-corrected chi connectivity index (χ1v) is 3.16. The summed E-state index contributed by atoms with van der Waals surface area (Å²) in [5.41, 5.74) is 2.58. The molecular weight excluding hydrogens is 144 g/mol. The highest BCUT2D eigenvalue weighted by atomic mass is 16.2. The van der Waals surface area contributed by atoms with Gasteiger partial charge in [0.15, 0.2) is 0 Å². The molecule has 1 N–H and O–H groups in total. The van der Waals surface area contributed by atoms with Gasteiger partial charge in [-0.05, 0) is 0 Å². The van der Waals surface area contributed by atoms with E-state index in [1.165, 1.54) is 12.2 Å². The van der Waals surface area contributed by atoms with Crippen molar-refractivity contribution >= 4 is 11.8 Å². The molecule has 0 aromatic rings. The number of carbonyl (C=O) groups is 2. The van der Waals surface area contributed by atoms with E-state index in [0.717, 1.165) is 5.01 Å². The molecule has 1 aliphatic rings. The predicted octanol–water partition coefficient (Wildman–Crippen LogP) is -0.398. The van der Waals surface area contributed by atoms with Crippen molar-refractivity contribution < 1.29 is 9.59 Å². The van der Waals surface area contributed by atoms with Crippen LogP contribution in [0.4, 0.5) is 0 Å². The van der Waals surface area contributed by atoms with Crippen molar-refractivity contribution in [3.8, 4) is 0 Å². The van der Waals surface area contributed by atoms with E-state index < -0.39 is 0 Å². The molecule has 0 atom stereocenters. The maximum Gasteiger partial charge on any atom is 0.268 e. The second-order valence-electron chi connectivity index (χ2n) is 2.00. The summed E-state index contributed by atoms with van der Waals surface area (Å²) in [6.07, 6.45) is 4.01. The van der Waals surface area contributed by atoms with Crippen LogP contribution in [-0.4, -0.2) is 23.4 Å². The summed E-state index contributed by atoms with van der Waals surface area (Å²) in [4.78, 5) is 21.6. The van der Waals surface area contributed by atoms with Gasteiger partial charge in [0.25, 0.3) is 11.8 Å². The van der Waals surface area contributed by atoms with Crippen LogP contribution < -0.4 is 5.43 Å². The Balaban J connectivity index is 2.52. The number of hydrazine groups is 1. The highest BCUT2D eigenvalue weighted by Crippen LogP contribution is 1.98. The van der Waals surface area contributed by atoms with E-state index in [9.17, 15) is 9.59 Å². The third-order valence-corrected chi connectivity index (χ3v) is 1.20. The summed E-state index contributed by atoms with van der Waals surface area (Å²) < 4.78 is 0. The van der Waals surface area contributed by atoms with E-state index >= 15 is 0 Å². The monoisotopic (exact) mass is 152 g/mol. The molecule has 58 valence electrons. The lowest BCUT2D eigenvalue weighted by molar-refractivity contribution is -0.140. The number of rotatable bonds is 3. The number of amides is 2. The van der Waals surface area contributed by atoms with Crippen LogP contribution in [0.2, 0.25) is 0 Å². The van der Waals surface area contributed by atoms with Crippen molar-refractivity contribution in [2.75, 3.05) is 6.54 Å². The van der Waals surface area contributed by atoms with Gasteiger partial charge in [-0.15, -0.1) is 6.58 Å². The predicted molar refractivity (Wildman–Crippen MR) is 39.2 cm³/mol. The molecule has 0 aliphatic carbocycles. The fourth-order valence-corrected chi connectivity index (χ4v) is 0.712. The Morgan fingerprint density at radius 3 is 2.45 bits per heavy atom. The van der Waals surface area contributed by atoms with Crippen molar-refractivity contribution in [2.45, 2.75) is 0 Å². The van der Waals surface area contributed by atoms with Gasteiger partial charge >= 0.3 is 0 Å². The second kappa shape index (κ2) is 3.12. The van der Waals surface area contributed by atoms with Gasteiger partial charge in [-0.1, -0.05) is 6.08 Å². The molecule has 1 aliphatic heterocycles. The van der Waals surface area contributed by atoms with E-state index in [2.05, 4.69) is 12.0 Å². The van der Waals surface area contributed by atoms with Gasteiger partial charge in [-0.25, -0.2) is 10.4 Å². The quantitative estimate of drug-likeness (QED) is 0.442. The van der Waals surface area contributed by atoms with Crippen LogP contribution in [0.1, 0.15) is 0 Å². The molecule has 0 saturated carbocycles. The average Bonchev–Trinajstić information content (AvgIpc) is 2.29. The van der Waals surface area contributed by atoms with Crippen LogP contribution in [0.5, 0.6) is 0 Å². The molecule has 4 nitrogen and oxygen atoms in total. The Bertz CT molecular complexity index is 215. The maximum absolute atomic E-state index is 10.8. The first-order valence-electron chi connectivity index (χ1n) is 3.16. The summed E-state index contributed by atoms with van der Waals surface area (Å²) in [6.45, 7) is 3.84. The average molecular weight is 152 g/mol. The van der Waals surface area contributed by atoms with Gasteiger partial charge in [0.1, 0.15) is 0 Å². The summed E-state index contributed by atoms with van der Waals surface area (Å²) in [5, 5.41) is 0.946. The highest BCUT2D eigenvalue weighted by Gasteiger charge is 2.21. The number of hydrogen-bond acceptors (Lipinski definition) is 3. The molecule has 0 fully saturated rings. The van der Waals surface area contributed by atoms with Crippen molar-refractivity contribution in [3.05, 3.63) is 24.8 Å². The lowest BCUT2D eigenvalue weighted by Crippen LogP contribution is -2.42. The van der Waals surface area contributed by atoms with Crippen LogP contribution in [0.3, 0.4) is 0 Å². The zero-order valence-corrected chi connectivity index (χ0v) is 5.91. The molecule has 1 rings (SSSR count). The third kappa shape index (κ3) is 1.53. The highest BCUT2D eigenvalue weighted by molar-refractivity contribution is 6.12. The van der Waals surface area contributed by atoms with E-state index in [1.807, 2.05) is 0 Å². The zero-order chi connectivity index (χ0) is 8.27. The maximum atomic E-state index is 10.8. The van der Waals surface area contributed by atoms with Crippen LogP contribution in [0, 0.1) is 0 Å². The molecule has 2 amide bonds. The Labute approximate surface area is 64.1 Å². The van der Waals surface area contributed by atoms with Crippen molar-refractivity contribution in [3.63, 3.8) is 0 Å². The molecule has 0 aromatic heterocycles. The van der Waals surface area contributed by atoms with Crippen LogP contribution in [0.25, 0.3) is 0 Å². The number of carbonyl (C=O) groups excluding carboxylic acids is 2. The summed E-state index contributed by atoms with van der Waals surface area (Å²) in [6, 6.07) is 0. The summed E-state index contributed by atoms with van der Waals surface area (Å²) >= 11 is 0. The van der Waals surface area contributed by atoms with Gasteiger partial charge < -0.3 is 0 Å².